The first kappa shape index (κ1) is 18.8. The molecule has 1 heterocycles. The molecule has 1 aliphatic carbocycles. The molecule has 0 atom stereocenters. The summed E-state index contributed by atoms with van der Waals surface area (Å²) in [5.41, 5.74) is 9.36. The monoisotopic (exact) mass is 376 g/mol. The maximum Gasteiger partial charge on any atom is 0.138 e. The molecule has 0 amide bonds. The number of nitrogens with zero attached hydrogens (tertiary/aromatic N) is 1. The lowest BCUT2D eigenvalue weighted by molar-refractivity contribution is 0.147. The summed E-state index contributed by atoms with van der Waals surface area (Å²) in [6.45, 7) is 4.24. The first-order chi connectivity index (χ1) is 13.6. The van der Waals surface area contributed by atoms with Crippen LogP contribution in [0.25, 0.3) is 10.9 Å². The van der Waals surface area contributed by atoms with Crippen LogP contribution in [-0.4, -0.2) is 17.1 Å². The maximum absolute atomic E-state index is 6.27. The highest BCUT2D eigenvalue weighted by Crippen LogP contribution is 2.34. The first-order valence-corrected chi connectivity index (χ1v) is 10.2. The van der Waals surface area contributed by atoms with Gasteiger partial charge in [0.2, 0.25) is 0 Å². The third-order valence-corrected chi connectivity index (χ3v) is 5.56. The highest BCUT2D eigenvalue weighted by atomic mass is 16.5. The predicted octanol–water partition coefficient (Wildman–Crippen LogP) is 5.55. The molecule has 0 spiro atoms. The second kappa shape index (κ2) is 8.19. The van der Waals surface area contributed by atoms with Gasteiger partial charge in [-0.1, -0.05) is 19.1 Å². The summed E-state index contributed by atoms with van der Waals surface area (Å²) in [7, 11) is 0. The molecular formula is C24H28N2O2. The second-order valence-electron chi connectivity index (χ2n) is 7.70. The molecule has 1 aromatic heterocycles. The molecule has 4 rings (SSSR count). The van der Waals surface area contributed by atoms with Crippen LogP contribution in [0.4, 0.5) is 0 Å². The molecule has 0 unspecified atom stereocenters. The Balaban J connectivity index is 1.60. The molecule has 4 heteroatoms. The highest BCUT2D eigenvalue weighted by molar-refractivity contribution is 5.86. The standard InChI is InChI=1S/C24H28N2O2/c1-3-17-4-11-23(16(2)14-17)28-24-12-13-26-22-10-9-20(15-21(22)24)27-19-7-5-18(25)6-8-19/h4,9-15,18-19H,3,5-8,25H2,1-2H3. The first-order valence-electron chi connectivity index (χ1n) is 10.2. The molecule has 0 radical (unpaired) electrons. The van der Waals surface area contributed by atoms with Crippen molar-refractivity contribution < 1.29 is 9.47 Å². The summed E-state index contributed by atoms with van der Waals surface area (Å²) in [4.78, 5) is 4.48. The Hall–Kier alpha value is -2.59. The lowest BCUT2D eigenvalue weighted by atomic mass is 9.94. The van der Waals surface area contributed by atoms with Crippen molar-refractivity contribution in [1.29, 1.82) is 0 Å². The topological polar surface area (TPSA) is 57.4 Å². The molecule has 0 saturated heterocycles. The summed E-state index contributed by atoms with van der Waals surface area (Å²) in [6.07, 6.45) is 7.13. The van der Waals surface area contributed by atoms with Gasteiger partial charge in [-0.2, -0.15) is 0 Å². The number of fused-ring (bicyclic) bond motifs is 1. The summed E-state index contributed by atoms with van der Waals surface area (Å²) < 4.78 is 12.5. The van der Waals surface area contributed by atoms with Gasteiger partial charge in [-0.25, -0.2) is 0 Å². The Morgan fingerprint density at radius 3 is 2.57 bits per heavy atom. The minimum absolute atomic E-state index is 0.238. The van der Waals surface area contributed by atoms with Crippen molar-refractivity contribution in [1.82, 2.24) is 4.98 Å². The Kier molecular flexibility index (Phi) is 5.49. The number of ether oxygens (including phenoxy) is 2. The fraction of sp³-hybridized carbons (Fsp3) is 0.375. The van der Waals surface area contributed by atoms with Crippen molar-refractivity contribution in [2.75, 3.05) is 0 Å². The van der Waals surface area contributed by atoms with Gasteiger partial charge in [0, 0.05) is 17.6 Å². The SMILES string of the molecule is CCc1ccc(Oc2ccnc3ccc(OC4CCC(N)CC4)cc23)c(C)c1. The van der Waals surface area contributed by atoms with Crippen LogP contribution in [0.1, 0.15) is 43.7 Å². The molecule has 1 saturated carbocycles. The molecule has 2 aromatic carbocycles. The van der Waals surface area contributed by atoms with Gasteiger partial charge < -0.3 is 15.2 Å². The number of hydrogen-bond donors (Lipinski definition) is 1. The number of nitrogens with two attached hydrogens (primary N) is 1. The van der Waals surface area contributed by atoms with Gasteiger partial charge in [0.05, 0.1) is 11.6 Å². The van der Waals surface area contributed by atoms with E-state index in [2.05, 4.69) is 31.0 Å². The zero-order valence-electron chi connectivity index (χ0n) is 16.7. The number of aromatic nitrogens is 1. The van der Waals surface area contributed by atoms with E-state index in [1.807, 2.05) is 30.3 Å². The van der Waals surface area contributed by atoms with Gasteiger partial charge in [0.25, 0.3) is 0 Å². The van der Waals surface area contributed by atoms with Crippen LogP contribution in [0.5, 0.6) is 17.2 Å². The normalized spacial score (nSPS) is 19.5. The van der Waals surface area contributed by atoms with Gasteiger partial charge in [-0.05, 0) is 80.5 Å². The molecule has 0 bridgehead atoms. The average Bonchev–Trinajstić information content (AvgIpc) is 2.71. The molecule has 1 aliphatic rings. The van der Waals surface area contributed by atoms with Crippen molar-refractivity contribution in [3.63, 3.8) is 0 Å². The van der Waals surface area contributed by atoms with Crippen LogP contribution in [-0.2, 0) is 6.42 Å². The fourth-order valence-corrected chi connectivity index (χ4v) is 3.83. The summed E-state index contributed by atoms with van der Waals surface area (Å²) in [5, 5.41) is 0.964. The summed E-state index contributed by atoms with van der Waals surface area (Å²) in [5.74, 6) is 2.54. The van der Waals surface area contributed by atoms with Crippen LogP contribution in [0, 0.1) is 6.92 Å². The highest BCUT2D eigenvalue weighted by Gasteiger charge is 2.20. The number of hydrogen-bond acceptors (Lipinski definition) is 4. The van der Waals surface area contributed by atoms with Crippen molar-refractivity contribution >= 4 is 10.9 Å². The van der Waals surface area contributed by atoms with Crippen molar-refractivity contribution in [3.05, 3.63) is 59.8 Å². The van der Waals surface area contributed by atoms with E-state index >= 15 is 0 Å². The van der Waals surface area contributed by atoms with Crippen molar-refractivity contribution in [2.24, 2.45) is 5.73 Å². The number of aryl methyl sites for hydroxylation is 2. The fourth-order valence-electron chi connectivity index (χ4n) is 3.83. The molecule has 1 fully saturated rings. The molecule has 0 aliphatic heterocycles. The predicted molar refractivity (Wildman–Crippen MR) is 113 cm³/mol. The number of benzene rings is 2. The molecule has 28 heavy (non-hydrogen) atoms. The Bertz CT molecular complexity index is 962. The Labute approximate surface area is 166 Å². The molecule has 4 nitrogen and oxygen atoms in total. The van der Waals surface area contributed by atoms with Crippen LogP contribution in [0.3, 0.4) is 0 Å². The molecule has 2 N–H and O–H groups in total. The minimum atomic E-state index is 0.238. The lowest BCUT2D eigenvalue weighted by Gasteiger charge is -2.26. The van der Waals surface area contributed by atoms with Gasteiger partial charge in [0.15, 0.2) is 0 Å². The Morgan fingerprint density at radius 2 is 1.82 bits per heavy atom. The van der Waals surface area contributed by atoms with E-state index in [0.717, 1.165) is 65.8 Å². The van der Waals surface area contributed by atoms with Crippen LogP contribution in [0.15, 0.2) is 48.7 Å². The maximum atomic E-state index is 6.27. The lowest BCUT2D eigenvalue weighted by Crippen LogP contribution is -2.31. The Morgan fingerprint density at radius 1 is 1.00 bits per heavy atom. The third-order valence-electron chi connectivity index (χ3n) is 5.56. The summed E-state index contributed by atoms with van der Waals surface area (Å²) in [6, 6.07) is 14.6. The van der Waals surface area contributed by atoms with Crippen molar-refractivity contribution in [3.8, 4) is 17.2 Å². The zero-order chi connectivity index (χ0) is 19.5. The molecule has 3 aromatic rings. The molecular weight excluding hydrogens is 348 g/mol. The number of rotatable bonds is 5. The third kappa shape index (κ3) is 4.12. The van der Waals surface area contributed by atoms with Crippen molar-refractivity contribution in [2.45, 2.75) is 58.1 Å². The second-order valence-corrected chi connectivity index (χ2v) is 7.70. The summed E-state index contributed by atoms with van der Waals surface area (Å²) >= 11 is 0. The largest absolute Gasteiger partial charge is 0.490 e. The van der Waals surface area contributed by atoms with E-state index in [1.54, 1.807) is 6.20 Å². The van der Waals surface area contributed by atoms with Gasteiger partial charge in [0.1, 0.15) is 17.2 Å². The van der Waals surface area contributed by atoms with Crippen LogP contribution < -0.4 is 15.2 Å². The van der Waals surface area contributed by atoms with E-state index < -0.39 is 0 Å². The van der Waals surface area contributed by atoms with Gasteiger partial charge >= 0.3 is 0 Å². The quantitative estimate of drug-likeness (QED) is 0.634. The smallest absolute Gasteiger partial charge is 0.138 e. The van der Waals surface area contributed by atoms with Crippen LogP contribution >= 0.6 is 0 Å². The van der Waals surface area contributed by atoms with E-state index in [9.17, 15) is 0 Å². The van der Waals surface area contributed by atoms with E-state index in [0.29, 0.717) is 6.04 Å². The van der Waals surface area contributed by atoms with E-state index in [4.69, 9.17) is 15.2 Å². The number of pyridine rings is 1. The zero-order valence-corrected chi connectivity index (χ0v) is 16.7. The van der Waals surface area contributed by atoms with Crippen LogP contribution in [0.2, 0.25) is 0 Å². The van der Waals surface area contributed by atoms with Gasteiger partial charge in [-0.15, -0.1) is 0 Å². The molecule has 146 valence electrons. The average molecular weight is 377 g/mol. The minimum Gasteiger partial charge on any atom is -0.490 e. The van der Waals surface area contributed by atoms with E-state index in [-0.39, 0.29) is 6.10 Å². The van der Waals surface area contributed by atoms with E-state index in [1.165, 1.54) is 5.56 Å². The van der Waals surface area contributed by atoms with Gasteiger partial charge in [-0.3, -0.25) is 4.98 Å².